The summed E-state index contributed by atoms with van der Waals surface area (Å²) in [6.45, 7) is 0. The molecule has 1 aliphatic carbocycles. The van der Waals surface area contributed by atoms with E-state index in [1.165, 1.54) is 12.1 Å². The number of nitrogens with two attached hydrogens (primary N) is 1. The van der Waals surface area contributed by atoms with Crippen LogP contribution in [0.1, 0.15) is 15.9 Å². The van der Waals surface area contributed by atoms with Crippen LogP contribution in [-0.4, -0.2) is 10.9 Å². The number of benzene rings is 2. The number of anilines is 1. The van der Waals surface area contributed by atoms with E-state index in [-0.39, 0.29) is 5.56 Å². The third-order valence-electron chi connectivity index (χ3n) is 2.98. The number of aliphatic hydroxyl groups excluding tert-OH is 1. The first-order chi connectivity index (χ1) is 8.11. The molecule has 3 rings (SSSR count). The lowest BCUT2D eigenvalue weighted by Gasteiger charge is -2.16. The first kappa shape index (κ1) is 9.84. The zero-order valence-electron chi connectivity index (χ0n) is 8.70. The number of ketones is 1. The smallest absolute Gasteiger partial charge is 0.225 e. The van der Waals surface area contributed by atoms with Gasteiger partial charge in [-0.2, -0.15) is 4.39 Å². The topological polar surface area (TPSA) is 63.3 Å². The molecule has 84 valence electrons. The summed E-state index contributed by atoms with van der Waals surface area (Å²) in [5, 5.41) is 10.8. The summed E-state index contributed by atoms with van der Waals surface area (Å²) in [6.07, 6.45) is 0. The highest BCUT2D eigenvalue weighted by Crippen LogP contribution is 2.37. The second kappa shape index (κ2) is 3.07. The second-order valence-corrected chi connectivity index (χ2v) is 3.92. The molecular formula is C13H8FNO2. The molecule has 0 radical (unpaired) electrons. The van der Waals surface area contributed by atoms with E-state index in [9.17, 15) is 14.3 Å². The predicted molar refractivity (Wildman–Crippen MR) is 63.3 cm³/mol. The summed E-state index contributed by atoms with van der Waals surface area (Å²) in [7, 11) is 0. The van der Waals surface area contributed by atoms with Crippen LogP contribution in [0.3, 0.4) is 0 Å². The molecule has 0 fully saturated rings. The van der Waals surface area contributed by atoms with Crippen LogP contribution in [0.4, 0.5) is 10.1 Å². The lowest BCUT2D eigenvalue weighted by molar-refractivity contribution is 0.100. The van der Waals surface area contributed by atoms with Crippen molar-refractivity contribution in [2.75, 3.05) is 5.73 Å². The van der Waals surface area contributed by atoms with Gasteiger partial charge in [-0.15, -0.1) is 0 Å². The van der Waals surface area contributed by atoms with Crippen molar-refractivity contribution in [1.82, 2.24) is 0 Å². The maximum absolute atomic E-state index is 13.5. The largest absolute Gasteiger partial charge is 0.504 e. The normalized spacial score (nSPS) is 14.5. The fourth-order valence-corrected chi connectivity index (χ4v) is 2.16. The number of carbonyl (C=O) groups excluding carboxylic acids is 1. The number of allylic oxidation sites excluding steroid dienone is 1. The molecule has 2 aromatic rings. The Morgan fingerprint density at radius 1 is 1.12 bits per heavy atom. The van der Waals surface area contributed by atoms with E-state index in [4.69, 9.17) is 5.73 Å². The van der Waals surface area contributed by atoms with E-state index in [0.717, 1.165) is 0 Å². The van der Waals surface area contributed by atoms with Crippen molar-refractivity contribution >= 4 is 28.0 Å². The Morgan fingerprint density at radius 3 is 2.65 bits per heavy atom. The SMILES string of the molecule is Nc1ccc2c3c(cccc13)C(=O)C(F)=C2O. The number of hydrogen-bond acceptors (Lipinski definition) is 3. The fraction of sp³-hybridized carbons (Fsp3) is 0. The van der Waals surface area contributed by atoms with Gasteiger partial charge in [-0.05, 0) is 12.1 Å². The molecule has 0 spiro atoms. The molecule has 0 saturated carbocycles. The van der Waals surface area contributed by atoms with Crippen LogP contribution < -0.4 is 5.73 Å². The average molecular weight is 229 g/mol. The predicted octanol–water partition coefficient (Wildman–Crippen LogP) is 2.81. The van der Waals surface area contributed by atoms with Crippen molar-refractivity contribution < 1.29 is 14.3 Å². The minimum Gasteiger partial charge on any atom is -0.504 e. The third kappa shape index (κ3) is 1.12. The van der Waals surface area contributed by atoms with Crippen molar-refractivity contribution in [3.63, 3.8) is 0 Å². The lowest BCUT2D eigenvalue weighted by Crippen LogP contribution is -2.10. The number of hydrogen-bond donors (Lipinski definition) is 2. The van der Waals surface area contributed by atoms with Gasteiger partial charge in [-0.3, -0.25) is 4.79 Å². The highest BCUT2D eigenvalue weighted by atomic mass is 19.1. The van der Waals surface area contributed by atoms with Crippen molar-refractivity contribution in [1.29, 1.82) is 0 Å². The summed E-state index contributed by atoms with van der Waals surface area (Å²) >= 11 is 0. The molecule has 1 aliphatic rings. The van der Waals surface area contributed by atoms with Gasteiger partial charge in [0, 0.05) is 27.6 Å². The molecule has 0 unspecified atom stereocenters. The Kier molecular flexibility index (Phi) is 1.78. The summed E-state index contributed by atoms with van der Waals surface area (Å²) in [4.78, 5) is 11.7. The summed E-state index contributed by atoms with van der Waals surface area (Å²) < 4.78 is 13.5. The monoisotopic (exact) mass is 229 g/mol. The van der Waals surface area contributed by atoms with Crippen LogP contribution in [-0.2, 0) is 0 Å². The van der Waals surface area contributed by atoms with Crippen LogP contribution >= 0.6 is 0 Å². The van der Waals surface area contributed by atoms with E-state index in [2.05, 4.69) is 0 Å². The van der Waals surface area contributed by atoms with Gasteiger partial charge >= 0.3 is 0 Å². The molecule has 0 aromatic heterocycles. The molecule has 0 aliphatic heterocycles. The van der Waals surface area contributed by atoms with Crippen LogP contribution in [0.25, 0.3) is 16.5 Å². The average Bonchev–Trinajstić information content (AvgIpc) is 2.35. The van der Waals surface area contributed by atoms with Crippen LogP contribution in [0.5, 0.6) is 0 Å². The standard InChI is InChI=1S/C13H8FNO2/c14-11-12(16)7-3-1-2-6-9(15)5-4-8(10(6)7)13(11)17/h1-5,17H,15H2. The first-order valence-electron chi connectivity index (χ1n) is 5.06. The van der Waals surface area contributed by atoms with Gasteiger partial charge in [0.05, 0.1) is 0 Å². The molecule has 0 amide bonds. The number of rotatable bonds is 0. The number of aliphatic hydroxyl groups is 1. The summed E-state index contributed by atoms with van der Waals surface area (Å²) in [5.41, 5.74) is 6.83. The van der Waals surface area contributed by atoms with E-state index in [0.29, 0.717) is 22.0 Å². The zero-order chi connectivity index (χ0) is 12.2. The van der Waals surface area contributed by atoms with Crippen molar-refractivity contribution in [3.8, 4) is 0 Å². The molecule has 2 aromatic carbocycles. The van der Waals surface area contributed by atoms with Crippen LogP contribution in [0.2, 0.25) is 0 Å². The Labute approximate surface area is 96.0 Å². The highest BCUT2D eigenvalue weighted by molar-refractivity contribution is 6.24. The molecular weight excluding hydrogens is 221 g/mol. The quantitative estimate of drug-likeness (QED) is 0.683. The van der Waals surface area contributed by atoms with Gasteiger partial charge in [0.15, 0.2) is 5.76 Å². The fourth-order valence-electron chi connectivity index (χ4n) is 2.16. The maximum Gasteiger partial charge on any atom is 0.225 e. The zero-order valence-corrected chi connectivity index (χ0v) is 8.70. The second-order valence-electron chi connectivity index (χ2n) is 3.92. The van der Waals surface area contributed by atoms with Gasteiger partial charge in [-0.25, -0.2) is 0 Å². The van der Waals surface area contributed by atoms with E-state index < -0.39 is 17.4 Å². The van der Waals surface area contributed by atoms with Crippen LogP contribution in [0, 0.1) is 0 Å². The number of halogens is 1. The Morgan fingerprint density at radius 2 is 1.88 bits per heavy atom. The van der Waals surface area contributed by atoms with Crippen molar-refractivity contribution in [3.05, 3.63) is 47.3 Å². The number of nitrogen functional groups attached to an aromatic ring is 1. The first-order valence-corrected chi connectivity index (χ1v) is 5.06. The number of Topliss-reactive ketones (excluding diaryl/α,β-unsaturated/α-hetero) is 1. The molecule has 0 atom stereocenters. The molecule has 3 N–H and O–H groups in total. The van der Waals surface area contributed by atoms with Crippen molar-refractivity contribution in [2.24, 2.45) is 0 Å². The minimum atomic E-state index is -1.12. The highest BCUT2D eigenvalue weighted by Gasteiger charge is 2.28. The van der Waals surface area contributed by atoms with Gasteiger partial charge in [-0.1, -0.05) is 18.2 Å². The molecule has 4 heteroatoms. The van der Waals surface area contributed by atoms with E-state index in [1.807, 2.05) is 0 Å². The number of carbonyl (C=O) groups is 1. The third-order valence-corrected chi connectivity index (χ3v) is 2.98. The molecule has 0 bridgehead atoms. The van der Waals surface area contributed by atoms with Gasteiger partial charge in [0.25, 0.3) is 0 Å². The molecule has 17 heavy (non-hydrogen) atoms. The lowest BCUT2D eigenvalue weighted by atomic mass is 9.90. The maximum atomic E-state index is 13.5. The van der Waals surface area contributed by atoms with Gasteiger partial charge in [0.1, 0.15) is 0 Å². The van der Waals surface area contributed by atoms with Crippen molar-refractivity contribution in [2.45, 2.75) is 0 Å². The van der Waals surface area contributed by atoms with Gasteiger partial charge < -0.3 is 10.8 Å². The molecule has 0 heterocycles. The molecule has 0 saturated heterocycles. The Hall–Kier alpha value is -2.36. The van der Waals surface area contributed by atoms with E-state index in [1.54, 1.807) is 18.2 Å². The molecule has 3 nitrogen and oxygen atoms in total. The Balaban J connectivity index is 2.59. The summed E-state index contributed by atoms with van der Waals surface area (Å²) in [6, 6.07) is 8.01. The summed E-state index contributed by atoms with van der Waals surface area (Å²) in [5.74, 6) is -2.53. The Bertz CT molecular complexity index is 704. The van der Waals surface area contributed by atoms with Gasteiger partial charge in [0.2, 0.25) is 11.6 Å². The van der Waals surface area contributed by atoms with Crippen LogP contribution in [0.15, 0.2) is 36.2 Å². The van der Waals surface area contributed by atoms with E-state index >= 15 is 0 Å². The minimum absolute atomic E-state index is 0.236.